The molecule has 7 nitrogen and oxygen atoms in total. The lowest BCUT2D eigenvalue weighted by Gasteiger charge is -2.08. The van der Waals surface area contributed by atoms with Gasteiger partial charge < -0.3 is 10.1 Å². The summed E-state index contributed by atoms with van der Waals surface area (Å²) in [6.45, 7) is 5.43. The quantitative estimate of drug-likeness (QED) is 0.712. The second-order valence-electron chi connectivity index (χ2n) is 6.17. The van der Waals surface area contributed by atoms with Crippen LogP contribution in [0.15, 0.2) is 24.3 Å². The van der Waals surface area contributed by atoms with Crippen LogP contribution in [-0.4, -0.2) is 36.0 Å². The molecule has 0 bridgehead atoms. The highest BCUT2D eigenvalue weighted by Gasteiger charge is 2.19. The third-order valence-corrected chi connectivity index (χ3v) is 4.77. The van der Waals surface area contributed by atoms with Crippen LogP contribution in [0.5, 0.6) is 0 Å². The number of hydrogen-bond donors (Lipinski definition) is 2. The van der Waals surface area contributed by atoms with Gasteiger partial charge in [0.1, 0.15) is 9.88 Å². The van der Waals surface area contributed by atoms with E-state index < -0.39 is 24.5 Å². The number of aryl methyl sites for hydroxylation is 1. The lowest BCUT2D eigenvalue weighted by molar-refractivity contribution is -0.123. The molecule has 0 saturated heterocycles. The van der Waals surface area contributed by atoms with Crippen LogP contribution in [0.2, 0.25) is 5.02 Å². The average Bonchev–Trinajstić information content (AvgIpc) is 3.00. The maximum absolute atomic E-state index is 12.2. The van der Waals surface area contributed by atoms with Crippen molar-refractivity contribution in [3.63, 3.8) is 0 Å². The Morgan fingerprint density at radius 2 is 1.89 bits per heavy atom. The summed E-state index contributed by atoms with van der Waals surface area (Å²) in [5, 5.41) is 5.89. The van der Waals surface area contributed by atoms with Crippen LogP contribution in [-0.2, 0) is 9.53 Å². The maximum atomic E-state index is 12.2. The van der Waals surface area contributed by atoms with E-state index in [1.807, 2.05) is 13.8 Å². The highest BCUT2D eigenvalue weighted by molar-refractivity contribution is 7.17. The van der Waals surface area contributed by atoms with Gasteiger partial charge in [-0.15, -0.1) is 11.3 Å². The highest BCUT2D eigenvalue weighted by atomic mass is 35.5. The lowest BCUT2D eigenvalue weighted by atomic mass is 10.2. The van der Waals surface area contributed by atoms with Gasteiger partial charge in [0.2, 0.25) is 0 Å². The zero-order valence-corrected chi connectivity index (χ0v) is 16.7. The van der Waals surface area contributed by atoms with Crippen LogP contribution in [0, 0.1) is 12.8 Å². The molecule has 0 atom stereocenters. The van der Waals surface area contributed by atoms with Gasteiger partial charge in [-0.1, -0.05) is 37.6 Å². The van der Waals surface area contributed by atoms with Crippen molar-refractivity contribution < 1.29 is 19.1 Å². The van der Waals surface area contributed by atoms with E-state index >= 15 is 0 Å². The number of nitrogens with one attached hydrogen (secondary N) is 2. The van der Waals surface area contributed by atoms with Crippen LogP contribution in [0.25, 0.3) is 10.6 Å². The first-order chi connectivity index (χ1) is 12.8. The van der Waals surface area contributed by atoms with Crippen LogP contribution in [0.1, 0.15) is 29.2 Å². The number of rotatable bonds is 6. The number of benzene rings is 1. The average molecular weight is 410 g/mol. The first-order valence-corrected chi connectivity index (χ1v) is 9.44. The summed E-state index contributed by atoms with van der Waals surface area (Å²) in [6, 6.07) is 6.46. The fourth-order valence-corrected chi connectivity index (χ4v) is 3.09. The van der Waals surface area contributed by atoms with Gasteiger partial charge in [0, 0.05) is 17.1 Å². The first kappa shape index (κ1) is 20.9. The van der Waals surface area contributed by atoms with E-state index in [0.29, 0.717) is 27.1 Å². The number of carbonyl (C=O) groups excluding carboxylic acids is 3. The van der Waals surface area contributed by atoms with Gasteiger partial charge >= 0.3 is 12.0 Å². The molecule has 2 N–H and O–H groups in total. The van der Waals surface area contributed by atoms with Gasteiger partial charge in [-0.2, -0.15) is 0 Å². The monoisotopic (exact) mass is 409 g/mol. The molecular weight excluding hydrogens is 390 g/mol. The molecule has 1 aromatic carbocycles. The number of esters is 1. The number of nitrogens with zero attached hydrogens (tertiary/aromatic N) is 1. The molecule has 1 heterocycles. The summed E-state index contributed by atoms with van der Waals surface area (Å²) in [4.78, 5) is 40.1. The van der Waals surface area contributed by atoms with Gasteiger partial charge in [-0.05, 0) is 25.0 Å². The molecule has 1 aromatic heterocycles. The second-order valence-corrected chi connectivity index (χ2v) is 7.60. The predicted molar refractivity (Wildman–Crippen MR) is 104 cm³/mol. The van der Waals surface area contributed by atoms with Crippen LogP contribution in [0.4, 0.5) is 4.79 Å². The van der Waals surface area contributed by atoms with Crippen LogP contribution in [0.3, 0.4) is 0 Å². The minimum absolute atomic E-state index is 0.257. The second kappa shape index (κ2) is 9.48. The molecule has 2 aromatic rings. The molecule has 0 aliphatic rings. The SMILES string of the molecule is Cc1nc(-c2ccc(Cl)cc2)sc1C(=O)OCC(=O)NC(=O)NCC(C)C. The number of ether oxygens (including phenoxy) is 1. The summed E-state index contributed by atoms with van der Waals surface area (Å²) in [6.07, 6.45) is 0. The summed E-state index contributed by atoms with van der Waals surface area (Å²) in [7, 11) is 0. The van der Waals surface area contributed by atoms with Crippen molar-refractivity contribution in [3.05, 3.63) is 39.9 Å². The molecule has 3 amide bonds. The van der Waals surface area contributed by atoms with E-state index in [9.17, 15) is 14.4 Å². The number of thiazole rings is 1. The Bertz CT molecular complexity index is 834. The molecule has 0 aliphatic heterocycles. The Balaban J connectivity index is 1.91. The Morgan fingerprint density at radius 1 is 1.22 bits per heavy atom. The molecule has 0 fully saturated rings. The first-order valence-electron chi connectivity index (χ1n) is 8.24. The molecule has 9 heteroatoms. The van der Waals surface area contributed by atoms with E-state index in [4.69, 9.17) is 16.3 Å². The Hall–Kier alpha value is -2.45. The minimum atomic E-state index is -0.704. The number of imide groups is 1. The van der Waals surface area contributed by atoms with Crippen molar-refractivity contribution in [1.82, 2.24) is 15.6 Å². The van der Waals surface area contributed by atoms with Crippen molar-refractivity contribution in [3.8, 4) is 10.6 Å². The van der Waals surface area contributed by atoms with Crippen molar-refractivity contribution in [2.75, 3.05) is 13.2 Å². The van der Waals surface area contributed by atoms with Crippen molar-refractivity contribution in [1.29, 1.82) is 0 Å². The molecule has 0 radical (unpaired) electrons. The third-order valence-electron chi connectivity index (χ3n) is 3.33. The normalized spacial score (nSPS) is 10.6. The summed E-state index contributed by atoms with van der Waals surface area (Å²) < 4.78 is 4.98. The number of aromatic nitrogens is 1. The molecular formula is C18H20ClN3O4S. The number of hydrogen-bond acceptors (Lipinski definition) is 6. The van der Waals surface area contributed by atoms with E-state index in [1.165, 1.54) is 0 Å². The molecule has 144 valence electrons. The number of amides is 3. The highest BCUT2D eigenvalue weighted by Crippen LogP contribution is 2.29. The third kappa shape index (κ3) is 6.33. The van der Waals surface area contributed by atoms with Gasteiger partial charge in [0.05, 0.1) is 5.69 Å². The summed E-state index contributed by atoms with van der Waals surface area (Å²) >= 11 is 7.03. The topological polar surface area (TPSA) is 97.4 Å². The largest absolute Gasteiger partial charge is 0.451 e. The fourth-order valence-electron chi connectivity index (χ4n) is 2.00. The smallest absolute Gasteiger partial charge is 0.350 e. The standard InChI is InChI=1S/C18H20ClN3O4S/c1-10(2)8-20-18(25)22-14(23)9-26-17(24)15-11(3)21-16(27-15)12-4-6-13(19)7-5-12/h4-7,10H,8-9H2,1-3H3,(H2,20,22,23,25). The van der Waals surface area contributed by atoms with Gasteiger partial charge in [0.15, 0.2) is 6.61 Å². The van der Waals surface area contributed by atoms with Crippen LogP contribution < -0.4 is 10.6 Å². The minimum Gasteiger partial charge on any atom is -0.451 e. The number of halogens is 1. The molecule has 0 unspecified atom stereocenters. The van der Waals surface area contributed by atoms with Crippen molar-refractivity contribution in [2.24, 2.45) is 5.92 Å². The molecule has 0 spiro atoms. The fraction of sp³-hybridized carbons (Fsp3) is 0.333. The Morgan fingerprint density at radius 3 is 2.52 bits per heavy atom. The van der Waals surface area contributed by atoms with Crippen molar-refractivity contribution >= 4 is 40.8 Å². The predicted octanol–water partition coefficient (Wildman–Crippen LogP) is 3.41. The van der Waals surface area contributed by atoms with E-state index in [-0.39, 0.29) is 5.92 Å². The summed E-state index contributed by atoms with van der Waals surface area (Å²) in [5.74, 6) is -1.11. The Kier molecular flexibility index (Phi) is 7.32. The van der Waals surface area contributed by atoms with E-state index in [0.717, 1.165) is 16.9 Å². The molecule has 0 aliphatic carbocycles. The zero-order chi connectivity index (χ0) is 20.0. The van der Waals surface area contributed by atoms with Crippen molar-refractivity contribution in [2.45, 2.75) is 20.8 Å². The van der Waals surface area contributed by atoms with Gasteiger partial charge in [0.25, 0.3) is 5.91 Å². The van der Waals surface area contributed by atoms with Gasteiger partial charge in [-0.25, -0.2) is 14.6 Å². The van der Waals surface area contributed by atoms with Gasteiger partial charge in [-0.3, -0.25) is 10.1 Å². The van der Waals surface area contributed by atoms with E-state index in [1.54, 1.807) is 31.2 Å². The Labute approximate surface area is 166 Å². The number of urea groups is 1. The molecule has 27 heavy (non-hydrogen) atoms. The lowest BCUT2D eigenvalue weighted by Crippen LogP contribution is -2.42. The maximum Gasteiger partial charge on any atom is 0.350 e. The number of carbonyl (C=O) groups is 3. The van der Waals surface area contributed by atoms with E-state index in [2.05, 4.69) is 15.6 Å². The summed E-state index contributed by atoms with van der Waals surface area (Å²) in [5.41, 5.74) is 1.33. The zero-order valence-electron chi connectivity index (χ0n) is 15.2. The molecule has 0 saturated carbocycles. The van der Waals surface area contributed by atoms with Crippen LogP contribution >= 0.6 is 22.9 Å². The molecule has 2 rings (SSSR count).